The molecule has 1 aromatic rings. The first-order valence-corrected chi connectivity index (χ1v) is 8.01. The number of rotatable bonds is 7. The lowest BCUT2D eigenvalue weighted by Crippen LogP contribution is -2.34. The van der Waals surface area contributed by atoms with Crippen molar-refractivity contribution in [3.63, 3.8) is 0 Å². The van der Waals surface area contributed by atoms with E-state index in [1.807, 2.05) is 11.0 Å². The highest BCUT2D eigenvalue weighted by Gasteiger charge is 2.32. The Bertz CT molecular complexity index is 472. The van der Waals surface area contributed by atoms with Gasteiger partial charge in [-0.15, -0.1) is 0 Å². The second kappa shape index (κ2) is 7.07. The number of amides is 1. The van der Waals surface area contributed by atoms with Crippen molar-refractivity contribution in [3.8, 4) is 0 Å². The van der Waals surface area contributed by atoms with Gasteiger partial charge in [0.1, 0.15) is 5.15 Å². The van der Waals surface area contributed by atoms with E-state index in [0.29, 0.717) is 16.8 Å². The van der Waals surface area contributed by atoms with Gasteiger partial charge in [-0.3, -0.25) is 4.79 Å². The monoisotopic (exact) mass is 294 g/mol. The Morgan fingerprint density at radius 3 is 2.70 bits per heavy atom. The molecule has 2 rings (SSSR count). The molecule has 1 saturated carbocycles. The predicted molar refractivity (Wildman–Crippen MR) is 82.2 cm³/mol. The first kappa shape index (κ1) is 15.3. The maximum absolute atomic E-state index is 12.7. The number of aryl methyl sites for hydroxylation is 1. The molecule has 1 aliphatic carbocycles. The van der Waals surface area contributed by atoms with E-state index in [4.69, 9.17) is 11.6 Å². The summed E-state index contributed by atoms with van der Waals surface area (Å²) >= 11 is 6.05. The number of hydrogen-bond acceptors (Lipinski definition) is 2. The zero-order valence-electron chi connectivity index (χ0n) is 12.4. The maximum atomic E-state index is 12.7. The van der Waals surface area contributed by atoms with Gasteiger partial charge in [-0.2, -0.15) is 0 Å². The third-order valence-electron chi connectivity index (χ3n) is 3.60. The first-order valence-electron chi connectivity index (χ1n) is 7.63. The lowest BCUT2D eigenvalue weighted by molar-refractivity contribution is 0.0740. The number of carbonyl (C=O) groups excluding carboxylic acids is 1. The van der Waals surface area contributed by atoms with Gasteiger partial charge in [0, 0.05) is 23.8 Å². The van der Waals surface area contributed by atoms with Crippen LogP contribution >= 0.6 is 11.6 Å². The molecule has 0 radical (unpaired) electrons. The minimum Gasteiger partial charge on any atom is -0.336 e. The average molecular weight is 295 g/mol. The van der Waals surface area contributed by atoms with Crippen molar-refractivity contribution in [1.82, 2.24) is 9.88 Å². The molecule has 1 amide bonds. The zero-order valence-corrected chi connectivity index (χ0v) is 13.1. The molecule has 4 heteroatoms. The van der Waals surface area contributed by atoms with Gasteiger partial charge in [-0.25, -0.2) is 4.98 Å². The van der Waals surface area contributed by atoms with Crippen LogP contribution in [0.1, 0.15) is 62.0 Å². The molecule has 1 aliphatic rings. The second-order valence-corrected chi connectivity index (χ2v) is 5.89. The summed E-state index contributed by atoms with van der Waals surface area (Å²) in [5.74, 6) is 0.114. The molecule has 0 bridgehead atoms. The van der Waals surface area contributed by atoms with Crippen molar-refractivity contribution in [1.29, 1.82) is 0 Å². The van der Waals surface area contributed by atoms with Crippen LogP contribution in [0.5, 0.6) is 0 Å². The van der Waals surface area contributed by atoms with E-state index in [0.717, 1.165) is 50.8 Å². The first-order chi connectivity index (χ1) is 9.65. The quantitative estimate of drug-likeness (QED) is 0.710. The summed E-state index contributed by atoms with van der Waals surface area (Å²) in [6.45, 7) is 5.10. The Labute approximate surface area is 126 Å². The summed E-state index contributed by atoms with van der Waals surface area (Å²) < 4.78 is 0. The topological polar surface area (TPSA) is 33.2 Å². The Kier molecular flexibility index (Phi) is 5.41. The van der Waals surface area contributed by atoms with Crippen LogP contribution in [0.4, 0.5) is 0 Å². The smallest absolute Gasteiger partial charge is 0.254 e. The fourth-order valence-corrected chi connectivity index (χ4v) is 2.62. The number of halogens is 1. The molecule has 0 aliphatic heterocycles. The van der Waals surface area contributed by atoms with Gasteiger partial charge in [-0.1, -0.05) is 38.3 Å². The summed E-state index contributed by atoms with van der Waals surface area (Å²) in [4.78, 5) is 19.0. The van der Waals surface area contributed by atoms with E-state index in [9.17, 15) is 4.79 Å². The number of unbranched alkanes of at least 4 members (excludes halogenated alkanes) is 1. The van der Waals surface area contributed by atoms with Gasteiger partial charge in [-0.05, 0) is 37.8 Å². The van der Waals surface area contributed by atoms with Crippen LogP contribution in [0.2, 0.25) is 5.15 Å². The van der Waals surface area contributed by atoms with E-state index in [1.165, 1.54) is 0 Å². The molecular weight excluding hydrogens is 272 g/mol. The molecule has 0 aromatic carbocycles. The van der Waals surface area contributed by atoms with E-state index in [2.05, 4.69) is 18.8 Å². The Hall–Kier alpha value is -1.09. The molecule has 1 heterocycles. The summed E-state index contributed by atoms with van der Waals surface area (Å²) in [5.41, 5.74) is 1.60. The van der Waals surface area contributed by atoms with Gasteiger partial charge in [0.25, 0.3) is 5.91 Å². The van der Waals surface area contributed by atoms with Crippen molar-refractivity contribution in [2.24, 2.45) is 0 Å². The van der Waals surface area contributed by atoms with Crippen molar-refractivity contribution in [2.45, 2.75) is 58.4 Å². The van der Waals surface area contributed by atoms with E-state index < -0.39 is 0 Å². The number of nitrogens with zero attached hydrogens (tertiary/aromatic N) is 2. The Balaban J connectivity index is 2.17. The number of hydrogen-bond donors (Lipinski definition) is 0. The van der Waals surface area contributed by atoms with Gasteiger partial charge < -0.3 is 4.90 Å². The van der Waals surface area contributed by atoms with Crippen molar-refractivity contribution in [3.05, 3.63) is 28.5 Å². The summed E-state index contributed by atoms with van der Waals surface area (Å²) in [6, 6.07) is 4.04. The highest BCUT2D eigenvalue weighted by atomic mass is 35.5. The zero-order chi connectivity index (χ0) is 14.5. The number of pyridine rings is 1. The van der Waals surface area contributed by atoms with Crippen LogP contribution in [0.25, 0.3) is 0 Å². The van der Waals surface area contributed by atoms with Crippen LogP contribution in [-0.2, 0) is 6.42 Å². The average Bonchev–Trinajstić information content (AvgIpc) is 3.23. The highest BCUT2D eigenvalue weighted by molar-refractivity contribution is 6.29. The normalized spacial score (nSPS) is 14.3. The minimum atomic E-state index is 0.114. The van der Waals surface area contributed by atoms with Gasteiger partial charge >= 0.3 is 0 Å². The maximum Gasteiger partial charge on any atom is 0.254 e. The van der Waals surface area contributed by atoms with Crippen LogP contribution < -0.4 is 0 Å². The molecule has 0 unspecified atom stereocenters. The molecule has 1 aromatic heterocycles. The van der Waals surface area contributed by atoms with Crippen LogP contribution in [0.15, 0.2) is 12.1 Å². The van der Waals surface area contributed by atoms with Crippen LogP contribution in [-0.4, -0.2) is 28.4 Å². The highest BCUT2D eigenvalue weighted by Crippen LogP contribution is 2.29. The molecule has 20 heavy (non-hydrogen) atoms. The lowest BCUT2D eigenvalue weighted by Gasteiger charge is -2.22. The molecule has 0 N–H and O–H groups in total. The van der Waals surface area contributed by atoms with Gasteiger partial charge in [0.2, 0.25) is 0 Å². The second-order valence-electron chi connectivity index (χ2n) is 5.50. The standard InChI is InChI=1S/C16H23ClN2O/c1-3-5-9-19(14-7-8-14)16(20)12-10-13(6-4-2)18-15(17)11-12/h10-11,14H,3-9H2,1-2H3. The fourth-order valence-electron chi connectivity index (χ4n) is 2.39. The molecule has 1 fully saturated rings. The van der Waals surface area contributed by atoms with Crippen molar-refractivity contribution < 1.29 is 4.79 Å². The number of aromatic nitrogens is 1. The SMILES string of the molecule is CCCCN(C(=O)c1cc(Cl)nc(CCC)c1)C1CC1. The molecule has 110 valence electrons. The van der Waals surface area contributed by atoms with Gasteiger partial charge in [0.05, 0.1) is 0 Å². The van der Waals surface area contributed by atoms with Crippen LogP contribution in [0.3, 0.4) is 0 Å². The molecule has 3 nitrogen and oxygen atoms in total. The van der Waals surface area contributed by atoms with E-state index in [-0.39, 0.29) is 5.91 Å². The molecule has 0 spiro atoms. The summed E-state index contributed by atoms with van der Waals surface area (Å²) in [5, 5.41) is 0.422. The largest absolute Gasteiger partial charge is 0.336 e. The van der Waals surface area contributed by atoms with Crippen molar-refractivity contribution in [2.75, 3.05) is 6.54 Å². The minimum absolute atomic E-state index is 0.114. The van der Waals surface area contributed by atoms with Crippen molar-refractivity contribution >= 4 is 17.5 Å². The molecular formula is C16H23ClN2O. The van der Waals surface area contributed by atoms with E-state index in [1.54, 1.807) is 6.07 Å². The molecule has 0 saturated heterocycles. The predicted octanol–water partition coefficient (Wildman–Crippen LogP) is 4.09. The lowest BCUT2D eigenvalue weighted by atomic mass is 10.1. The summed E-state index contributed by atoms with van der Waals surface area (Å²) in [6.07, 6.45) is 6.30. The third kappa shape index (κ3) is 3.95. The van der Waals surface area contributed by atoms with E-state index >= 15 is 0 Å². The third-order valence-corrected chi connectivity index (χ3v) is 3.79. The van der Waals surface area contributed by atoms with Crippen LogP contribution in [0, 0.1) is 0 Å². The Morgan fingerprint density at radius 2 is 2.10 bits per heavy atom. The Morgan fingerprint density at radius 1 is 1.35 bits per heavy atom. The fraction of sp³-hybridized carbons (Fsp3) is 0.625. The number of carbonyl (C=O) groups is 1. The van der Waals surface area contributed by atoms with Gasteiger partial charge in [0.15, 0.2) is 0 Å². The summed E-state index contributed by atoms with van der Waals surface area (Å²) in [7, 11) is 0. The molecule has 0 atom stereocenters.